The predicted molar refractivity (Wildman–Crippen MR) is 129 cm³/mol. The third-order valence-electron chi connectivity index (χ3n) is 4.46. The van der Waals surface area contributed by atoms with Crippen LogP contribution < -0.4 is 14.4 Å². The molecule has 0 aliphatic rings. The number of nitrogens with one attached hydrogen (secondary N) is 1. The van der Waals surface area contributed by atoms with E-state index in [0.717, 1.165) is 14.9 Å². The molecular weight excluding hydrogens is 513 g/mol. The second kappa shape index (κ2) is 10.9. The molecule has 13 heteroatoms. The van der Waals surface area contributed by atoms with Crippen LogP contribution in [-0.2, 0) is 24.8 Å². The molecule has 2 aromatic carbocycles. The highest BCUT2D eigenvalue weighted by Gasteiger charge is 2.29. The zero-order valence-electron chi connectivity index (χ0n) is 18.4. The molecular formula is C20H25Cl2N3O6S2. The Labute approximate surface area is 204 Å². The molecule has 0 bridgehead atoms. The largest absolute Gasteiger partial charge is 0.492 e. The second-order valence-corrected chi connectivity index (χ2v) is 12.1. The number of carbonyl (C=O) groups is 1. The molecule has 1 N–H and O–H groups in total. The first-order valence-corrected chi connectivity index (χ1v) is 13.7. The minimum atomic E-state index is -3.82. The summed E-state index contributed by atoms with van der Waals surface area (Å²) in [4.78, 5) is 12.7. The number of rotatable bonds is 10. The molecule has 0 aliphatic heterocycles. The molecule has 2 rings (SSSR count). The van der Waals surface area contributed by atoms with E-state index in [1.807, 2.05) is 0 Å². The topological polar surface area (TPSA) is 113 Å². The van der Waals surface area contributed by atoms with Crippen LogP contribution >= 0.6 is 23.2 Å². The lowest BCUT2D eigenvalue weighted by molar-refractivity contribution is -0.121. The summed E-state index contributed by atoms with van der Waals surface area (Å²) in [5.74, 6) is -0.131. The number of carbonyl (C=O) groups excluding carboxylic acids is 1. The highest BCUT2D eigenvalue weighted by Crippen LogP contribution is 2.28. The number of halogens is 2. The quantitative estimate of drug-likeness (QED) is 0.466. The fourth-order valence-electron chi connectivity index (χ4n) is 2.88. The summed E-state index contributed by atoms with van der Waals surface area (Å²) in [5, 5.41) is 3.08. The van der Waals surface area contributed by atoms with Crippen LogP contribution in [0.25, 0.3) is 0 Å². The van der Waals surface area contributed by atoms with Crippen molar-refractivity contribution in [3.63, 3.8) is 0 Å². The Bertz CT molecular complexity index is 1180. The van der Waals surface area contributed by atoms with Gasteiger partial charge in [0.05, 0.1) is 23.4 Å². The van der Waals surface area contributed by atoms with Crippen LogP contribution in [0.5, 0.6) is 5.75 Å². The normalized spacial score (nSPS) is 12.9. The lowest BCUT2D eigenvalue weighted by Crippen LogP contribution is -2.48. The molecule has 0 heterocycles. The number of sulfonamides is 2. The molecule has 0 spiro atoms. The van der Waals surface area contributed by atoms with Crippen molar-refractivity contribution in [3.8, 4) is 5.75 Å². The maximum Gasteiger partial charge on any atom is 0.243 e. The molecule has 0 saturated heterocycles. The molecule has 1 amide bonds. The van der Waals surface area contributed by atoms with Crippen LogP contribution in [0.4, 0.5) is 5.69 Å². The summed E-state index contributed by atoms with van der Waals surface area (Å²) in [6.07, 6.45) is 0.981. The van der Waals surface area contributed by atoms with Crippen molar-refractivity contribution in [2.75, 3.05) is 37.8 Å². The standard InChI is InChI=1S/C20H25Cl2N3O6S2/c1-14(25(32(4,27)28)17-12-15(21)11-16(22)13-17)20(26)23-9-10-31-18-5-7-19(8-6-18)33(29,30)24(2)3/h5-8,11-14H,9-10H2,1-4H3,(H,23,26). The molecule has 9 nitrogen and oxygen atoms in total. The third-order valence-corrected chi connectivity index (χ3v) is 7.97. The monoisotopic (exact) mass is 537 g/mol. The van der Waals surface area contributed by atoms with Crippen molar-refractivity contribution < 1.29 is 26.4 Å². The molecule has 1 unspecified atom stereocenters. The summed E-state index contributed by atoms with van der Waals surface area (Å²) >= 11 is 12.0. The zero-order valence-corrected chi connectivity index (χ0v) is 21.6. The Morgan fingerprint density at radius 1 is 1.03 bits per heavy atom. The minimum Gasteiger partial charge on any atom is -0.492 e. The van der Waals surface area contributed by atoms with E-state index in [2.05, 4.69) is 5.32 Å². The maximum atomic E-state index is 12.6. The van der Waals surface area contributed by atoms with Gasteiger partial charge >= 0.3 is 0 Å². The Morgan fingerprint density at radius 2 is 1.58 bits per heavy atom. The molecule has 33 heavy (non-hydrogen) atoms. The van der Waals surface area contributed by atoms with Gasteiger partial charge in [-0.25, -0.2) is 21.1 Å². The maximum absolute atomic E-state index is 12.6. The predicted octanol–water partition coefficient (Wildman–Crippen LogP) is 2.59. The number of hydrogen-bond acceptors (Lipinski definition) is 6. The molecule has 0 aliphatic carbocycles. The Balaban J connectivity index is 1.99. The van der Waals surface area contributed by atoms with Gasteiger partial charge < -0.3 is 10.1 Å². The molecule has 182 valence electrons. The second-order valence-electron chi connectivity index (χ2n) is 7.26. The van der Waals surface area contributed by atoms with E-state index in [-0.39, 0.29) is 33.8 Å². The van der Waals surface area contributed by atoms with Gasteiger partial charge in [-0.15, -0.1) is 0 Å². The molecule has 0 aromatic heterocycles. The molecule has 0 fully saturated rings. The number of benzene rings is 2. The van der Waals surface area contributed by atoms with E-state index >= 15 is 0 Å². The van der Waals surface area contributed by atoms with Crippen LogP contribution in [0.15, 0.2) is 47.4 Å². The van der Waals surface area contributed by atoms with Gasteiger partial charge in [0.15, 0.2) is 0 Å². The van der Waals surface area contributed by atoms with E-state index in [1.54, 1.807) is 0 Å². The van der Waals surface area contributed by atoms with Gasteiger partial charge in [-0.2, -0.15) is 0 Å². The Kier molecular flexibility index (Phi) is 9.00. The highest BCUT2D eigenvalue weighted by atomic mass is 35.5. The van der Waals surface area contributed by atoms with Crippen molar-refractivity contribution in [3.05, 3.63) is 52.5 Å². The number of ether oxygens (including phenoxy) is 1. The first-order valence-electron chi connectivity index (χ1n) is 9.62. The van der Waals surface area contributed by atoms with Crippen LogP contribution in [0.3, 0.4) is 0 Å². The van der Waals surface area contributed by atoms with Crippen LogP contribution in [0.1, 0.15) is 6.92 Å². The summed E-state index contributed by atoms with van der Waals surface area (Å²) in [6.45, 7) is 1.62. The smallest absolute Gasteiger partial charge is 0.243 e. The minimum absolute atomic E-state index is 0.0834. The average Bonchev–Trinajstić information content (AvgIpc) is 2.69. The van der Waals surface area contributed by atoms with Crippen LogP contribution in [0.2, 0.25) is 10.0 Å². The number of anilines is 1. The summed E-state index contributed by atoms with van der Waals surface area (Å²) in [5.41, 5.74) is 0.168. The van der Waals surface area contributed by atoms with Gasteiger partial charge in [-0.1, -0.05) is 23.2 Å². The van der Waals surface area contributed by atoms with Gasteiger partial charge in [0.2, 0.25) is 26.0 Å². The third kappa shape index (κ3) is 7.21. The molecule has 0 saturated carbocycles. The van der Waals surface area contributed by atoms with Crippen LogP contribution in [-0.4, -0.2) is 66.6 Å². The molecule has 0 radical (unpaired) electrons. The van der Waals surface area contributed by atoms with E-state index in [9.17, 15) is 21.6 Å². The van der Waals surface area contributed by atoms with Crippen molar-refractivity contribution in [1.82, 2.24) is 9.62 Å². The highest BCUT2D eigenvalue weighted by molar-refractivity contribution is 7.92. The zero-order chi connectivity index (χ0) is 25.0. The summed E-state index contributed by atoms with van der Waals surface area (Å²) < 4.78 is 56.4. The lowest BCUT2D eigenvalue weighted by Gasteiger charge is -2.28. The van der Waals surface area contributed by atoms with Crippen molar-refractivity contribution in [2.45, 2.75) is 17.9 Å². The van der Waals surface area contributed by atoms with E-state index in [1.165, 1.54) is 63.5 Å². The van der Waals surface area contributed by atoms with Gasteiger partial charge in [0.25, 0.3) is 0 Å². The average molecular weight is 538 g/mol. The molecule has 1 atom stereocenters. The first kappa shape index (κ1) is 27.2. The van der Waals surface area contributed by atoms with Gasteiger partial charge in [0, 0.05) is 24.1 Å². The number of amides is 1. The van der Waals surface area contributed by atoms with Crippen molar-refractivity contribution in [1.29, 1.82) is 0 Å². The fraction of sp³-hybridized carbons (Fsp3) is 0.350. The van der Waals surface area contributed by atoms with E-state index in [0.29, 0.717) is 5.75 Å². The SMILES string of the molecule is CC(C(=O)NCCOc1ccc(S(=O)(=O)N(C)C)cc1)N(c1cc(Cl)cc(Cl)c1)S(C)(=O)=O. The summed E-state index contributed by atoms with van der Waals surface area (Å²) in [7, 11) is -4.48. The van der Waals surface area contributed by atoms with E-state index < -0.39 is 32.0 Å². The van der Waals surface area contributed by atoms with Gasteiger partial charge in [-0.3, -0.25) is 9.10 Å². The lowest BCUT2D eigenvalue weighted by atomic mass is 10.2. The van der Waals surface area contributed by atoms with Crippen molar-refractivity contribution >= 4 is 54.8 Å². The van der Waals surface area contributed by atoms with Gasteiger partial charge in [0.1, 0.15) is 18.4 Å². The number of hydrogen-bond donors (Lipinski definition) is 1. The first-order chi connectivity index (χ1) is 15.2. The van der Waals surface area contributed by atoms with Crippen molar-refractivity contribution in [2.24, 2.45) is 0 Å². The molecule has 2 aromatic rings. The number of nitrogens with zero attached hydrogens (tertiary/aromatic N) is 2. The van der Waals surface area contributed by atoms with E-state index in [4.69, 9.17) is 27.9 Å². The van der Waals surface area contributed by atoms with Gasteiger partial charge in [-0.05, 0) is 49.4 Å². The Hall–Kier alpha value is -2.05. The summed E-state index contributed by atoms with van der Waals surface area (Å²) in [6, 6.07) is 9.05. The Morgan fingerprint density at radius 3 is 2.06 bits per heavy atom. The fourth-order valence-corrected chi connectivity index (χ4v) is 5.46. The van der Waals surface area contributed by atoms with Crippen LogP contribution in [0, 0.1) is 0 Å².